The Balaban J connectivity index is 2.24. The van der Waals surface area contributed by atoms with Crippen LogP contribution in [0.3, 0.4) is 0 Å². The van der Waals surface area contributed by atoms with Crippen molar-refractivity contribution in [2.45, 2.75) is 20.3 Å². The zero-order chi connectivity index (χ0) is 12.1. The number of hydrogen-bond donors (Lipinski definition) is 2. The predicted octanol–water partition coefficient (Wildman–Crippen LogP) is 0.697. The first kappa shape index (κ1) is 12.7. The predicted molar refractivity (Wildman–Crippen MR) is 62.7 cm³/mol. The summed E-state index contributed by atoms with van der Waals surface area (Å²) in [6, 6.07) is 0. The van der Waals surface area contributed by atoms with Crippen molar-refractivity contribution in [2.24, 2.45) is 17.8 Å². The molecule has 0 aliphatic heterocycles. The quantitative estimate of drug-likeness (QED) is 0.652. The van der Waals surface area contributed by atoms with Gasteiger partial charge in [0, 0.05) is 13.1 Å². The minimum atomic E-state index is -0.132. The van der Waals surface area contributed by atoms with Gasteiger partial charge in [0.1, 0.15) is 0 Å². The van der Waals surface area contributed by atoms with Crippen LogP contribution in [0.15, 0.2) is 12.7 Å². The molecule has 2 atom stereocenters. The van der Waals surface area contributed by atoms with Crippen LogP contribution in [0.1, 0.15) is 20.3 Å². The standard InChI is InChI=1S/C12H20N2O2/c1-4-5-13-11(15)9-6-10(9)12(16)14-7-8(2)3/h4,8-10H,1,5-7H2,2-3H3,(H,13,15)(H,14,16). The fourth-order valence-corrected chi connectivity index (χ4v) is 1.51. The SMILES string of the molecule is C=CCNC(=O)C1CC1C(=O)NCC(C)C. The first-order chi connectivity index (χ1) is 7.56. The fourth-order valence-electron chi connectivity index (χ4n) is 1.51. The summed E-state index contributed by atoms with van der Waals surface area (Å²) in [4.78, 5) is 23.1. The Morgan fingerprint density at radius 2 is 1.88 bits per heavy atom. The lowest BCUT2D eigenvalue weighted by atomic mass is 10.2. The minimum Gasteiger partial charge on any atom is -0.356 e. The van der Waals surface area contributed by atoms with Gasteiger partial charge in [-0.1, -0.05) is 19.9 Å². The summed E-state index contributed by atoms with van der Waals surface area (Å²) in [6.45, 7) is 8.75. The zero-order valence-corrected chi connectivity index (χ0v) is 9.95. The van der Waals surface area contributed by atoms with Gasteiger partial charge in [-0.2, -0.15) is 0 Å². The van der Waals surface area contributed by atoms with Crippen molar-refractivity contribution in [3.05, 3.63) is 12.7 Å². The van der Waals surface area contributed by atoms with Crippen LogP contribution in [0.2, 0.25) is 0 Å². The van der Waals surface area contributed by atoms with Crippen molar-refractivity contribution in [2.75, 3.05) is 13.1 Å². The fraction of sp³-hybridized carbons (Fsp3) is 0.667. The van der Waals surface area contributed by atoms with Crippen LogP contribution in [0, 0.1) is 17.8 Å². The molecule has 4 nitrogen and oxygen atoms in total. The number of nitrogens with one attached hydrogen (secondary N) is 2. The molecule has 0 heterocycles. The van der Waals surface area contributed by atoms with Gasteiger partial charge in [0.2, 0.25) is 11.8 Å². The maximum atomic E-state index is 11.6. The van der Waals surface area contributed by atoms with E-state index in [1.54, 1.807) is 6.08 Å². The average molecular weight is 224 g/mol. The van der Waals surface area contributed by atoms with E-state index in [4.69, 9.17) is 0 Å². The number of amides is 2. The van der Waals surface area contributed by atoms with E-state index in [9.17, 15) is 9.59 Å². The molecule has 1 aliphatic rings. The second-order valence-corrected chi connectivity index (χ2v) is 4.62. The van der Waals surface area contributed by atoms with Crippen molar-refractivity contribution >= 4 is 11.8 Å². The van der Waals surface area contributed by atoms with Crippen LogP contribution in [0.4, 0.5) is 0 Å². The van der Waals surface area contributed by atoms with E-state index in [0.29, 0.717) is 25.4 Å². The Kier molecular flexibility index (Phi) is 4.52. The van der Waals surface area contributed by atoms with E-state index >= 15 is 0 Å². The van der Waals surface area contributed by atoms with Gasteiger partial charge in [0.25, 0.3) is 0 Å². The molecular weight excluding hydrogens is 204 g/mol. The van der Waals surface area contributed by atoms with Gasteiger partial charge in [0.05, 0.1) is 11.8 Å². The maximum absolute atomic E-state index is 11.6. The van der Waals surface area contributed by atoms with Crippen LogP contribution in [0.5, 0.6) is 0 Å². The van der Waals surface area contributed by atoms with E-state index in [2.05, 4.69) is 17.2 Å². The number of carbonyl (C=O) groups excluding carboxylic acids is 2. The molecule has 2 amide bonds. The highest BCUT2D eigenvalue weighted by Crippen LogP contribution is 2.38. The molecule has 0 spiro atoms. The molecule has 0 bridgehead atoms. The topological polar surface area (TPSA) is 58.2 Å². The van der Waals surface area contributed by atoms with Crippen molar-refractivity contribution in [1.82, 2.24) is 10.6 Å². The zero-order valence-electron chi connectivity index (χ0n) is 9.95. The van der Waals surface area contributed by atoms with Gasteiger partial charge in [-0.05, 0) is 12.3 Å². The second kappa shape index (κ2) is 5.68. The summed E-state index contributed by atoms with van der Waals surface area (Å²) in [5.41, 5.74) is 0. The Morgan fingerprint density at radius 1 is 1.31 bits per heavy atom. The second-order valence-electron chi connectivity index (χ2n) is 4.62. The molecule has 2 N–H and O–H groups in total. The van der Waals surface area contributed by atoms with Crippen molar-refractivity contribution in [3.8, 4) is 0 Å². The van der Waals surface area contributed by atoms with Crippen LogP contribution in [0.25, 0.3) is 0 Å². The van der Waals surface area contributed by atoms with Gasteiger partial charge in [-0.15, -0.1) is 6.58 Å². The molecule has 0 aromatic carbocycles. The largest absolute Gasteiger partial charge is 0.356 e. The third-order valence-corrected chi connectivity index (χ3v) is 2.57. The number of carbonyl (C=O) groups is 2. The highest BCUT2D eigenvalue weighted by Gasteiger charge is 2.47. The Labute approximate surface area is 96.5 Å². The van der Waals surface area contributed by atoms with Gasteiger partial charge in [-0.3, -0.25) is 9.59 Å². The summed E-state index contributed by atoms with van der Waals surface area (Å²) in [7, 11) is 0. The molecule has 90 valence electrons. The van der Waals surface area contributed by atoms with E-state index in [1.807, 2.05) is 13.8 Å². The highest BCUT2D eigenvalue weighted by atomic mass is 16.2. The molecule has 1 saturated carbocycles. The Morgan fingerprint density at radius 3 is 2.38 bits per heavy atom. The lowest BCUT2D eigenvalue weighted by Gasteiger charge is -2.07. The first-order valence-corrected chi connectivity index (χ1v) is 5.72. The summed E-state index contributed by atoms with van der Waals surface area (Å²) in [6.07, 6.45) is 2.31. The van der Waals surface area contributed by atoms with Gasteiger partial charge in [-0.25, -0.2) is 0 Å². The molecule has 2 unspecified atom stereocenters. The summed E-state index contributed by atoms with van der Waals surface area (Å²) < 4.78 is 0. The van der Waals surface area contributed by atoms with E-state index in [0.717, 1.165) is 0 Å². The van der Waals surface area contributed by atoms with Crippen LogP contribution >= 0.6 is 0 Å². The van der Waals surface area contributed by atoms with E-state index < -0.39 is 0 Å². The summed E-state index contributed by atoms with van der Waals surface area (Å²) >= 11 is 0. The third kappa shape index (κ3) is 3.68. The molecule has 0 aromatic heterocycles. The maximum Gasteiger partial charge on any atom is 0.224 e. The van der Waals surface area contributed by atoms with Gasteiger partial charge in [0.15, 0.2) is 0 Å². The monoisotopic (exact) mass is 224 g/mol. The molecule has 1 rings (SSSR count). The molecule has 0 saturated heterocycles. The van der Waals surface area contributed by atoms with Crippen molar-refractivity contribution in [3.63, 3.8) is 0 Å². The van der Waals surface area contributed by atoms with Crippen LogP contribution in [-0.4, -0.2) is 24.9 Å². The van der Waals surface area contributed by atoms with E-state index in [-0.39, 0.29) is 23.7 Å². The van der Waals surface area contributed by atoms with Crippen LogP contribution in [-0.2, 0) is 9.59 Å². The van der Waals surface area contributed by atoms with E-state index in [1.165, 1.54) is 0 Å². The molecule has 16 heavy (non-hydrogen) atoms. The van der Waals surface area contributed by atoms with Crippen molar-refractivity contribution in [1.29, 1.82) is 0 Å². The van der Waals surface area contributed by atoms with Crippen molar-refractivity contribution < 1.29 is 9.59 Å². The highest BCUT2D eigenvalue weighted by molar-refractivity contribution is 5.92. The smallest absolute Gasteiger partial charge is 0.224 e. The number of rotatable bonds is 6. The molecule has 0 radical (unpaired) electrons. The lowest BCUT2D eigenvalue weighted by Crippen LogP contribution is -2.32. The molecule has 4 heteroatoms. The normalized spacial score (nSPS) is 22.7. The average Bonchev–Trinajstić information content (AvgIpc) is 3.02. The Hall–Kier alpha value is -1.32. The van der Waals surface area contributed by atoms with Gasteiger partial charge >= 0.3 is 0 Å². The molecular formula is C12H20N2O2. The minimum absolute atomic E-state index is 0.00690. The molecule has 0 aromatic rings. The molecule has 1 aliphatic carbocycles. The van der Waals surface area contributed by atoms with Crippen LogP contribution < -0.4 is 10.6 Å². The van der Waals surface area contributed by atoms with Gasteiger partial charge < -0.3 is 10.6 Å². The third-order valence-electron chi connectivity index (χ3n) is 2.57. The molecule has 1 fully saturated rings. The summed E-state index contributed by atoms with van der Waals surface area (Å²) in [5, 5.41) is 5.55. The lowest BCUT2D eigenvalue weighted by molar-refractivity contribution is -0.127. The number of hydrogen-bond acceptors (Lipinski definition) is 2. The first-order valence-electron chi connectivity index (χ1n) is 5.72. The Bertz CT molecular complexity index is 287. The summed E-state index contributed by atoms with van der Waals surface area (Å²) in [5.74, 6) is 0.156.